The third kappa shape index (κ3) is 12.1. The summed E-state index contributed by atoms with van der Waals surface area (Å²) in [6, 6.07) is 10.7. The Labute approximate surface area is 252 Å². The summed E-state index contributed by atoms with van der Waals surface area (Å²) < 4.78 is 71.4. The van der Waals surface area contributed by atoms with E-state index in [1.54, 1.807) is 13.8 Å². The minimum Gasteiger partial charge on any atom is -0.486 e. The molecule has 0 radical (unpaired) electrons. The van der Waals surface area contributed by atoms with E-state index in [1.165, 1.54) is 17.2 Å². The van der Waals surface area contributed by atoms with Crippen molar-refractivity contribution < 1.29 is 56.0 Å². The number of halogens is 5. The molecule has 0 aromatic heterocycles. The summed E-state index contributed by atoms with van der Waals surface area (Å²) in [5, 5.41) is 19.5. The number of aliphatic carboxylic acids is 2. The molecule has 0 amide bonds. The van der Waals surface area contributed by atoms with Crippen molar-refractivity contribution in [1.82, 2.24) is 5.32 Å². The topological polar surface area (TPSA) is 122 Å². The van der Waals surface area contributed by atoms with E-state index in [0.29, 0.717) is 11.5 Å². The number of nitrogens with one attached hydrogen (secondary N) is 1. The SMILES string of the molecule is CC(C)C(=O)O[C@H](CNC(C)(C)CC1Cc2ccccc2C1)COc1cc(CCC(=O)O)cc(F)c1F.O=C(O)C(F)(F)F. The molecule has 2 aromatic rings. The number of alkyl halides is 3. The first-order valence-electron chi connectivity index (χ1n) is 14.0. The minimum atomic E-state index is -5.08. The normalized spacial score (nSPS) is 14.0. The molecular formula is C31H38F5NO7. The molecule has 13 heteroatoms. The predicted octanol–water partition coefficient (Wildman–Crippen LogP) is 5.74. The van der Waals surface area contributed by atoms with Crippen molar-refractivity contribution in [3.8, 4) is 5.75 Å². The van der Waals surface area contributed by atoms with E-state index in [2.05, 4.69) is 43.4 Å². The highest BCUT2D eigenvalue weighted by atomic mass is 19.4. The lowest BCUT2D eigenvalue weighted by molar-refractivity contribution is -0.192. The Bertz CT molecular complexity index is 1270. The van der Waals surface area contributed by atoms with Crippen LogP contribution in [0.25, 0.3) is 0 Å². The highest BCUT2D eigenvalue weighted by molar-refractivity contribution is 5.73. The summed E-state index contributed by atoms with van der Waals surface area (Å²) >= 11 is 0. The summed E-state index contributed by atoms with van der Waals surface area (Å²) in [5.74, 6) is -6.70. The van der Waals surface area contributed by atoms with Crippen LogP contribution in [0.3, 0.4) is 0 Å². The molecule has 1 aliphatic rings. The van der Waals surface area contributed by atoms with Gasteiger partial charge in [-0.25, -0.2) is 9.18 Å². The monoisotopic (exact) mass is 631 g/mol. The number of ether oxygens (including phenoxy) is 2. The fourth-order valence-electron chi connectivity index (χ4n) is 4.71. The maximum absolute atomic E-state index is 14.4. The highest BCUT2D eigenvalue weighted by Gasteiger charge is 2.38. The molecule has 3 rings (SSSR count). The van der Waals surface area contributed by atoms with Crippen LogP contribution in [-0.4, -0.2) is 59.1 Å². The molecule has 3 N–H and O–H groups in total. The maximum Gasteiger partial charge on any atom is 0.490 e. The van der Waals surface area contributed by atoms with Crippen LogP contribution < -0.4 is 10.1 Å². The lowest BCUT2D eigenvalue weighted by atomic mass is 9.88. The van der Waals surface area contributed by atoms with Gasteiger partial charge in [0.2, 0.25) is 5.82 Å². The van der Waals surface area contributed by atoms with Gasteiger partial charge < -0.3 is 25.0 Å². The third-order valence-electron chi connectivity index (χ3n) is 6.85. The molecule has 0 aliphatic heterocycles. The van der Waals surface area contributed by atoms with Crippen molar-refractivity contribution >= 4 is 17.9 Å². The van der Waals surface area contributed by atoms with Crippen LogP contribution in [0, 0.1) is 23.5 Å². The maximum atomic E-state index is 14.4. The number of hydrogen-bond donors (Lipinski definition) is 3. The van der Waals surface area contributed by atoms with Crippen LogP contribution in [-0.2, 0) is 38.4 Å². The number of fused-ring (bicyclic) bond motifs is 1. The quantitative estimate of drug-likeness (QED) is 0.189. The molecule has 0 spiro atoms. The van der Waals surface area contributed by atoms with Gasteiger partial charge in [-0.05, 0) is 74.3 Å². The van der Waals surface area contributed by atoms with Crippen molar-refractivity contribution in [2.24, 2.45) is 11.8 Å². The Kier molecular flexibility index (Phi) is 13.1. The predicted molar refractivity (Wildman–Crippen MR) is 150 cm³/mol. The van der Waals surface area contributed by atoms with Crippen molar-refractivity contribution in [3.05, 3.63) is 64.7 Å². The molecule has 44 heavy (non-hydrogen) atoms. The zero-order valence-electron chi connectivity index (χ0n) is 25.0. The molecule has 0 fully saturated rings. The van der Waals surface area contributed by atoms with Gasteiger partial charge in [-0.1, -0.05) is 38.1 Å². The molecular weight excluding hydrogens is 593 g/mol. The van der Waals surface area contributed by atoms with E-state index >= 15 is 0 Å². The van der Waals surface area contributed by atoms with Crippen LogP contribution >= 0.6 is 0 Å². The summed E-state index contributed by atoms with van der Waals surface area (Å²) in [7, 11) is 0. The van der Waals surface area contributed by atoms with Gasteiger partial charge >= 0.3 is 24.1 Å². The Morgan fingerprint density at radius 3 is 2.09 bits per heavy atom. The van der Waals surface area contributed by atoms with Gasteiger partial charge in [0.15, 0.2) is 11.6 Å². The standard InChI is InChI=1S/C29H37F2NO5.C2HF3O2/c1-18(2)28(35)37-23(17-36-25-14-19(9-10-26(33)34)13-24(30)27(25)31)16-32-29(3,4)15-20-11-21-7-5-6-8-22(21)12-20;3-2(4,5)1(6)7/h5-8,13-14,18,20,23,32H,9-12,15-17H2,1-4H3,(H,33,34);(H,6,7)/t23-;/m1./s1. The van der Waals surface area contributed by atoms with Gasteiger partial charge in [0, 0.05) is 18.5 Å². The molecule has 1 atom stereocenters. The Hall–Kier alpha value is -3.74. The number of carbonyl (C=O) groups is 3. The summed E-state index contributed by atoms with van der Waals surface area (Å²) in [5.41, 5.74) is 2.83. The zero-order valence-corrected chi connectivity index (χ0v) is 25.0. The van der Waals surface area contributed by atoms with Gasteiger partial charge in [0.05, 0.1) is 5.92 Å². The molecule has 0 bridgehead atoms. The van der Waals surface area contributed by atoms with Crippen molar-refractivity contribution in [2.75, 3.05) is 13.2 Å². The van der Waals surface area contributed by atoms with Crippen LogP contribution in [0.2, 0.25) is 0 Å². The lowest BCUT2D eigenvalue weighted by Crippen LogP contribution is -2.47. The summed E-state index contributed by atoms with van der Waals surface area (Å²) in [6.45, 7) is 7.72. The van der Waals surface area contributed by atoms with E-state index in [4.69, 9.17) is 24.5 Å². The van der Waals surface area contributed by atoms with Gasteiger partial charge in [-0.2, -0.15) is 17.6 Å². The first-order chi connectivity index (χ1) is 20.4. The van der Waals surface area contributed by atoms with Crippen LogP contribution in [0.5, 0.6) is 5.75 Å². The Morgan fingerprint density at radius 1 is 1.02 bits per heavy atom. The van der Waals surface area contributed by atoms with E-state index < -0.39 is 41.8 Å². The zero-order chi connectivity index (χ0) is 33.2. The van der Waals surface area contributed by atoms with Crippen molar-refractivity contribution in [1.29, 1.82) is 0 Å². The van der Waals surface area contributed by atoms with E-state index in [-0.39, 0.29) is 43.2 Å². The second-order valence-corrected chi connectivity index (χ2v) is 11.6. The van der Waals surface area contributed by atoms with Crippen LogP contribution in [0.15, 0.2) is 36.4 Å². The largest absolute Gasteiger partial charge is 0.490 e. The van der Waals surface area contributed by atoms with Crippen molar-refractivity contribution in [2.45, 2.75) is 77.6 Å². The first-order valence-corrected chi connectivity index (χ1v) is 14.0. The van der Waals surface area contributed by atoms with E-state index in [9.17, 15) is 31.5 Å². The van der Waals surface area contributed by atoms with E-state index in [0.717, 1.165) is 25.3 Å². The summed E-state index contributed by atoms with van der Waals surface area (Å²) in [4.78, 5) is 32.1. The Balaban J connectivity index is 0.000000860. The molecule has 8 nitrogen and oxygen atoms in total. The number of carboxylic acids is 2. The molecule has 0 unspecified atom stereocenters. The van der Waals surface area contributed by atoms with E-state index in [1.807, 2.05) is 0 Å². The third-order valence-corrected chi connectivity index (χ3v) is 6.85. The average molecular weight is 632 g/mol. The highest BCUT2D eigenvalue weighted by Crippen LogP contribution is 2.32. The van der Waals surface area contributed by atoms with Gasteiger partial charge in [-0.15, -0.1) is 0 Å². The second kappa shape index (κ2) is 15.8. The molecule has 2 aromatic carbocycles. The number of carboxylic acid groups (broad SMARTS) is 2. The van der Waals surface area contributed by atoms with Gasteiger partial charge in [0.1, 0.15) is 12.7 Å². The van der Waals surface area contributed by atoms with Gasteiger partial charge in [0.25, 0.3) is 0 Å². The van der Waals surface area contributed by atoms with Crippen LogP contribution in [0.1, 0.15) is 57.2 Å². The number of carbonyl (C=O) groups excluding carboxylic acids is 1. The minimum absolute atomic E-state index is 0.0371. The Morgan fingerprint density at radius 2 is 1.59 bits per heavy atom. The molecule has 0 heterocycles. The molecule has 1 aliphatic carbocycles. The van der Waals surface area contributed by atoms with Gasteiger partial charge in [-0.3, -0.25) is 9.59 Å². The molecule has 0 saturated heterocycles. The number of benzene rings is 2. The van der Waals surface area contributed by atoms with Crippen LogP contribution in [0.4, 0.5) is 22.0 Å². The number of aryl methyl sites for hydroxylation is 1. The smallest absolute Gasteiger partial charge is 0.486 e. The first kappa shape index (κ1) is 36.5. The number of esters is 1. The summed E-state index contributed by atoms with van der Waals surface area (Å²) in [6.07, 6.45) is -3.03. The second-order valence-electron chi connectivity index (χ2n) is 11.6. The fourth-order valence-corrected chi connectivity index (χ4v) is 4.71. The number of hydrogen-bond acceptors (Lipinski definition) is 6. The fraction of sp³-hybridized carbons (Fsp3) is 0.516. The lowest BCUT2D eigenvalue weighted by Gasteiger charge is -2.31. The molecule has 244 valence electrons. The van der Waals surface area contributed by atoms with Crippen molar-refractivity contribution in [3.63, 3.8) is 0 Å². The number of rotatable bonds is 13. The molecule has 0 saturated carbocycles. The average Bonchev–Trinajstić information content (AvgIpc) is 3.32.